The van der Waals surface area contributed by atoms with Gasteiger partial charge in [0.05, 0.1) is 0 Å². The Morgan fingerprint density at radius 2 is 1.67 bits per heavy atom. The lowest BCUT2D eigenvalue weighted by atomic mass is 10.0. The summed E-state index contributed by atoms with van der Waals surface area (Å²) in [7, 11) is 0. The minimum Gasteiger partial charge on any atom is -0.439 e. The predicted molar refractivity (Wildman–Crippen MR) is 84.5 cm³/mol. The van der Waals surface area contributed by atoms with Crippen LogP contribution in [0.3, 0.4) is 0 Å². The van der Waals surface area contributed by atoms with Crippen molar-refractivity contribution in [3.05, 3.63) is 41.7 Å². The van der Waals surface area contributed by atoms with E-state index in [0.717, 1.165) is 5.75 Å². The summed E-state index contributed by atoms with van der Waals surface area (Å²) in [5.74, 6) is 8.60. The molecule has 0 atom stereocenters. The van der Waals surface area contributed by atoms with Crippen LogP contribution in [0.2, 0.25) is 0 Å². The van der Waals surface area contributed by atoms with Crippen LogP contribution in [-0.4, -0.2) is 9.97 Å². The molecule has 0 aliphatic heterocycles. The van der Waals surface area contributed by atoms with E-state index in [9.17, 15) is 0 Å². The van der Waals surface area contributed by atoms with E-state index in [0.29, 0.717) is 23.4 Å². The standard InChI is InChI=1S/C16H22N4O/c1-10(2)12-5-7-13(8-6-12)21-15-9-14(20-17)18-16(19-15)11(3)4/h5-11H,17H2,1-4H3,(H,18,19,20). The number of benzene rings is 1. The third kappa shape index (κ3) is 3.92. The number of hydrogen-bond acceptors (Lipinski definition) is 5. The number of aromatic nitrogens is 2. The van der Waals surface area contributed by atoms with Crippen LogP contribution in [0.1, 0.15) is 50.9 Å². The van der Waals surface area contributed by atoms with Gasteiger partial charge in [-0.3, -0.25) is 0 Å². The van der Waals surface area contributed by atoms with E-state index in [1.54, 1.807) is 6.07 Å². The second kappa shape index (κ2) is 6.54. The van der Waals surface area contributed by atoms with E-state index in [-0.39, 0.29) is 5.92 Å². The molecule has 1 aromatic heterocycles. The highest BCUT2D eigenvalue weighted by molar-refractivity contribution is 5.39. The summed E-state index contributed by atoms with van der Waals surface area (Å²) in [4.78, 5) is 8.71. The van der Waals surface area contributed by atoms with Gasteiger partial charge in [-0.2, -0.15) is 4.98 Å². The number of nitrogens with two attached hydrogens (primary N) is 1. The molecule has 1 aromatic carbocycles. The minimum atomic E-state index is 0.198. The molecule has 2 rings (SSSR count). The largest absolute Gasteiger partial charge is 0.439 e. The molecule has 0 unspecified atom stereocenters. The summed E-state index contributed by atoms with van der Waals surface area (Å²) in [6, 6.07) is 9.70. The van der Waals surface area contributed by atoms with Crippen LogP contribution < -0.4 is 16.0 Å². The maximum atomic E-state index is 5.80. The molecule has 0 bridgehead atoms. The van der Waals surface area contributed by atoms with Crippen LogP contribution in [0.4, 0.5) is 5.82 Å². The second-order valence-electron chi connectivity index (χ2n) is 5.57. The number of hydrazine groups is 1. The summed E-state index contributed by atoms with van der Waals surface area (Å²) >= 11 is 0. The third-order valence-electron chi connectivity index (χ3n) is 3.15. The Balaban J connectivity index is 2.24. The van der Waals surface area contributed by atoms with Crippen molar-refractivity contribution in [2.45, 2.75) is 39.5 Å². The number of rotatable bonds is 5. The molecule has 1 heterocycles. The lowest BCUT2D eigenvalue weighted by molar-refractivity contribution is 0.457. The van der Waals surface area contributed by atoms with Gasteiger partial charge >= 0.3 is 0 Å². The van der Waals surface area contributed by atoms with Gasteiger partial charge in [0, 0.05) is 12.0 Å². The van der Waals surface area contributed by atoms with Crippen molar-refractivity contribution in [1.82, 2.24) is 9.97 Å². The van der Waals surface area contributed by atoms with Gasteiger partial charge in [-0.1, -0.05) is 39.8 Å². The van der Waals surface area contributed by atoms with Crippen LogP contribution in [-0.2, 0) is 0 Å². The number of nitrogens with zero attached hydrogens (tertiary/aromatic N) is 2. The first-order valence-corrected chi connectivity index (χ1v) is 7.13. The topological polar surface area (TPSA) is 73.1 Å². The highest BCUT2D eigenvalue weighted by Crippen LogP contribution is 2.25. The van der Waals surface area contributed by atoms with Crippen molar-refractivity contribution >= 4 is 5.82 Å². The maximum Gasteiger partial charge on any atom is 0.224 e. The van der Waals surface area contributed by atoms with Crippen molar-refractivity contribution in [3.8, 4) is 11.6 Å². The lowest BCUT2D eigenvalue weighted by Crippen LogP contribution is -2.11. The smallest absolute Gasteiger partial charge is 0.224 e. The van der Waals surface area contributed by atoms with Crippen LogP contribution in [0.15, 0.2) is 30.3 Å². The Labute approximate surface area is 125 Å². The summed E-state index contributed by atoms with van der Waals surface area (Å²) in [6.45, 7) is 8.37. The summed E-state index contributed by atoms with van der Waals surface area (Å²) in [5, 5.41) is 0. The number of hydrogen-bond donors (Lipinski definition) is 2. The van der Waals surface area contributed by atoms with E-state index in [1.807, 2.05) is 26.0 Å². The Hall–Kier alpha value is -2.14. The molecular weight excluding hydrogens is 264 g/mol. The second-order valence-corrected chi connectivity index (χ2v) is 5.57. The van der Waals surface area contributed by atoms with Crippen molar-refractivity contribution in [2.24, 2.45) is 5.84 Å². The zero-order valence-corrected chi connectivity index (χ0v) is 12.9. The number of ether oxygens (including phenoxy) is 1. The predicted octanol–water partition coefficient (Wildman–Crippen LogP) is 3.80. The van der Waals surface area contributed by atoms with E-state index < -0.39 is 0 Å². The zero-order valence-electron chi connectivity index (χ0n) is 12.9. The number of nitrogens with one attached hydrogen (secondary N) is 1. The van der Waals surface area contributed by atoms with Gasteiger partial charge in [-0.15, -0.1) is 0 Å². The highest BCUT2D eigenvalue weighted by Gasteiger charge is 2.09. The first kappa shape index (κ1) is 15.3. The monoisotopic (exact) mass is 286 g/mol. The Bertz CT molecular complexity index is 594. The molecule has 112 valence electrons. The first-order valence-electron chi connectivity index (χ1n) is 7.13. The lowest BCUT2D eigenvalue weighted by Gasteiger charge is -2.11. The van der Waals surface area contributed by atoms with Crippen molar-refractivity contribution in [1.29, 1.82) is 0 Å². The molecule has 0 saturated carbocycles. The van der Waals surface area contributed by atoms with Crippen LogP contribution in [0.5, 0.6) is 11.6 Å². The fourth-order valence-electron chi connectivity index (χ4n) is 1.87. The van der Waals surface area contributed by atoms with E-state index in [4.69, 9.17) is 10.6 Å². The number of nitrogen functional groups attached to an aromatic ring is 1. The van der Waals surface area contributed by atoms with Gasteiger partial charge in [0.25, 0.3) is 0 Å². The zero-order chi connectivity index (χ0) is 15.4. The molecule has 0 radical (unpaired) electrons. The average Bonchev–Trinajstić information content (AvgIpc) is 2.47. The normalized spacial score (nSPS) is 11.0. The van der Waals surface area contributed by atoms with Crippen LogP contribution >= 0.6 is 0 Å². The van der Waals surface area contributed by atoms with Gasteiger partial charge < -0.3 is 10.2 Å². The average molecular weight is 286 g/mol. The molecule has 3 N–H and O–H groups in total. The van der Waals surface area contributed by atoms with E-state index >= 15 is 0 Å². The molecular formula is C16H22N4O. The van der Waals surface area contributed by atoms with Crippen LogP contribution in [0.25, 0.3) is 0 Å². The van der Waals surface area contributed by atoms with E-state index in [1.165, 1.54) is 5.56 Å². The molecule has 0 amide bonds. The maximum absolute atomic E-state index is 5.80. The molecule has 0 aliphatic rings. The molecule has 5 nitrogen and oxygen atoms in total. The van der Waals surface area contributed by atoms with Crippen molar-refractivity contribution in [3.63, 3.8) is 0 Å². The van der Waals surface area contributed by atoms with E-state index in [2.05, 4.69) is 41.4 Å². The van der Waals surface area contributed by atoms with Crippen molar-refractivity contribution in [2.75, 3.05) is 5.43 Å². The SMILES string of the molecule is CC(C)c1ccc(Oc2cc(NN)nc(C(C)C)n2)cc1. The van der Waals surface area contributed by atoms with Gasteiger partial charge in [0.2, 0.25) is 5.88 Å². The summed E-state index contributed by atoms with van der Waals surface area (Å²) in [6.07, 6.45) is 0. The minimum absolute atomic E-state index is 0.198. The molecule has 2 aromatic rings. The Morgan fingerprint density at radius 1 is 1.00 bits per heavy atom. The first-order chi connectivity index (χ1) is 9.99. The molecule has 0 aliphatic carbocycles. The molecule has 21 heavy (non-hydrogen) atoms. The summed E-state index contributed by atoms with van der Waals surface area (Å²) < 4.78 is 5.80. The fraction of sp³-hybridized carbons (Fsp3) is 0.375. The quantitative estimate of drug-likeness (QED) is 0.646. The number of anilines is 1. The third-order valence-corrected chi connectivity index (χ3v) is 3.15. The molecule has 0 fully saturated rings. The van der Waals surface area contributed by atoms with Gasteiger partial charge in [-0.05, 0) is 23.6 Å². The van der Waals surface area contributed by atoms with Crippen molar-refractivity contribution < 1.29 is 4.74 Å². The van der Waals surface area contributed by atoms with Crippen LogP contribution in [0, 0.1) is 0 Å². The summed E-state index contributed by atoms with van der Waals surface area (Å²) in [5.41, 5.74) is 3.82. The molecule has 0 saturated heterocycles. The fourth-order valence-corrected chi connectivity index (χ4v) is 1.87. The van der Waals surface area contributed by atoms with Gasteiger partial charge in [0.1, 0.15) is 17.4 Å². The molecule has 5 heteroatoms. The van der Waals surface area contributed by atoms with Gasteiger partial charge in [-0.25, -0.2) is 10.8 Å². The molecule has 0 spiro atoms. The highest BCUT2D eigenvalue weighted by atomic mass is 16.5. The van der Waals surface area contributed by atoms with Gasteiger partial charge in [0.15, 0.2) is 0 Å². The Kier molecular flexibility index (Phi) is 4.75. The Morgan fingerprint density at radius 3 is 2.19 bits per heavy atom.